The van der Waals surface area contributed by atoms with E-state index in [1.54, 1.807) is 18.2 Å². The van der Waals surface area contributed by atoms with Gasteiger partial charge in [-0.3, -0.25) is 4.98 Å². The van der Waals surface area contributed by atoms with Gasteiger partial charge >= 0.3 is 7.48 Å². The number of rotatable bonds is 6. The summed E-state index contributed by atoms with van der Waals surface area (Å²) in [6.45, 7) is 4.04. The van der Waals surface area contributed by atoms with Crippen molar-refractivity contribution in [3.05, 3.63) is 42.1 Å². The highest BCUT2D eigenvalue weighted by molar-refractivity contribution is 6.47. The second kappa shape index (κ2) is 7.06. The van der Waals surface area contributed by atoms with Crippen LogP contribution in [0.25, 0.3) is 11.3 Å². The van der Waals surface area contributed by atoms with Gasteiger partial charge in [0.1, 0.15) is 11.5 Å². The first-order valence-corrected chi connectivity index (χ1v) is 7.08. The number of nitrogens with zero attached hydrogens (tertiary/aromatic N) is 1. The van der Waals surface area contributed by atoms with Crippen LogP contribution in [0.5, 0.6) is 0 Å². The number of hydrogen-bond acceptors (Lipinski definition) is 4. The van der Waals surface area contributed by atoms with Gasteiger partial charge in [0.2, 0.25) is 0 Å². The van der Waals surface area contributed by atoms with Gasteiger partial charge in [-0.05, 0) is 12.1 Å². The Morgan fingerprint density at radius 1 is 1.26 bits per heavy atom. The third-order valence-corrected chi connectivity index (χ3v) is 3.18. The van der Waals surface area contributed by atoms with Gasteiger partial charge in [-0.2, -0.15) is 0 Å². The molecule has 0 fully saturated rings. The highest BCUT2D eigenvalue weighted by Gasteiger charge is 2.17. The van der Waals surface area contributed by atoms with Crippen molar-refractivity contribution in [2.45, 2.75) is 13.8 Å². The second-order valence-electron chi connectivity index (χ2n) is 6.12. The van der Waals surface area contributed by atoms with Gasteiger partial charge in [-0.15, -0.1) is 0 Å². The number of aliphatic hydroxyl groups is 1. The first kappa shape index (κ1) is 17.4. The zero-order chi connectivity index (χ0) is 17.0. The van der Waals surface area contributed by atoms with Crippen LogP contribution in [-0.4, -0.2) is 30.8 Å². The Morgan fingerprint density at radius 2 is 2.00 bits per heavy atom. The van der Waals surface area contributed by atoms with Crippen LogP contribution in [0, 0.1) is 17.0 Å². The molecule has 1 heterocycles. The summed E-state index contributed by atoms with van der Waals surface area (Å²) in [5, 5.41) is 9.19. The minimum Gasteiger partial charge on any atom is -0.434 e. The van der Waals surface area contributed by atoms with E-state index in [0.29, 0.717) is 23.3 Å². The smallest absolute Gasteiger partial charge is 0.330 e. The van der Waals surface area contributed by atoms with Crippen LogP contribution in [0.4, 0.5) is 14.5 Å². The number of hydrogen-bond donors (Lipinski definition) is 2. The number of aliphatic hydroxyl groups excluding tert-OH is 1. The van der Waals surface area contributed by atoms with Gasteiger partial charge in [0.25, 0.3) is 0 Å². The van der Waals surface area contributed by atoms with Gasteiger partial charge < -0.3 is 15.5 Å². The molecule has 0 aliphatic carbocycles. The predicted octanol–water partition coefficient (Wildman–Crippen LogP) is 1.89. The van der Waals surface area contributed by atoms with Crippen LogP contribution >= 0.6 is 0 Å². The molecule has 1 aromatic heterocycles. The average molecular weight is 319 g/mol. The Morgan fingerprint density at radius 3 is 2.65 bits per heavy atom. The molecule has 0 saturated carbocycles. The number of aromatic nitrogens is 1. The summed E-state index contributed by atoms with van der Waals surface area (Å²) in [7, 11) is 1.48. The normalized spacial score (nSPS) is 11.5. The Labute approximate surface area is 134 Å². The van der Waals surface area contributed by atoms with Crippen molar-refractivity contribution in [3.63, 3.8) is 0 Å². The molecule has 3 N–H and O–H groups in total. The van der Waals surface area contributed by atoms with Crippen LogP contribution in [-0.2, 0) is 4.65 Å². The van der Waals surface area contributed by atoms with Crippen molar-refractivity contribution in [2.24, 2.45) is 5.41 Å². The van der Waals surface area contributed by atoms with Crippen molar-refractivity contribution < 1.29 is 18.5 Å². The minimum absolute atomic E-state index is 0.00622. The third-order valence-electron chi connectivity index (χ3n) is 3.18. The fourth-order valence-electron chi connectivity index (χ4n) is 1.92. The SMILES string of the molecule is CC(C)(CO)CO[B]c1cc(N)cc(-c2ncc(F)cc2F)c1. The Hall–Kier alpha value is -1.99. The number of nitrogen functional groups attached to an aromatic ring is 1. The molecular weight excluding hydrogens is 301 g/mol. The van der Waals surface area contributed by atoms with Crippen LogP contribution in [0.1, 0.15) is 13.8 Å². The van der Waals surface area contributed by atoms with E-state index in [1.807, 2.05) is 13.8 Å². The molecule has 121 valence electrons. The molecule has 1 aromatic carbocycles. The fourth-order valence-corrected chi connectivity index (χ4v) is 1.92. The summed E-state index contributed by atoms with van der Waals surface area (Å²) in [5.74, 6) is -1.50. The summed E-state index contributed by atoms with van der Waals surface area (Å²) >= 11 is 0. The van der Waals surface area contributed by atoms with Gasteiger partial charge in [0, 0.05) is 29.3 Å². The fraction of sp³-hybridized carbons (Fsp3) is 0.312. The molecule has 2 rings (SSSR count). The lowest BCUT2D eigenvalue weighted by atomic mass is 9.85. The van der Waals surface area contributed by atoms with Gasteiger partial charge in [0.15, 0.2) is 5.82 Å². The molecule has 0 amide bonds. The lowest BCUT2D eigenvalue weighted by Gasteiger charge is -2.21. The zero-order valence-electron chi connectivity index (χ0n) is 13.0. The van der Waals surface area contributed by atoms with Gasteiger partial charge in [-0.25, -0.2) is 8.78 Å². The maximum atomic E-state index is 13.8. The highest BCUT2D eigenvalue weighted by atomic mass is 19.1. The second-order valence-corrected chi connectivity index (χ2v) is 6.12. The monoisotopic (exact) mass is 319 g/mol. The lowest BCUT2D eigenvalue weighted by Crippen LogP contribution is -2.28. The van der Waals surface area contributed by atoms with Gasteiger partial charge in [-0.1, -0.05) is 25.4 Å². The Bertz CT molecular complexity index is 696. The number of benzene rings is 1. The largest absolute Gasteiger partial charge is 0.434 e. The lowest BCUT2D eigenvalue weighted by molar-refractivity contribution is 0.101. The molecule has 0 aliphatic rings. The van der Waals surface area contributed by atoms with Crippen molar-refractivity contribution in [2.75, 3.05) is 18.9 Å². The summed E-state index contributed by atoms with van der Waals surface area (Å²) in [5.41, 5.74) is 6.93. The third kappa shape index (κ3) is 4.74. The van der Waals surface area contributed by atoms with E-state index in [1.165, 1.54) is 7.48 Å². The summed E-state index contributed by atoms with van der Waals surface area (Å²) in [4.78, 5) is 3.77. The molecule has 0 bridgehead atoms. The predicted molar refractivity (Wildman–Crippen MR) is 86.2 cm³/mol. The summed E-state index contributed by atoms with van der Waals surface area (Å²) in [6.07, 6.45) is 0.950. The molecule has 4 nitrogen and oxygen atoms in total. The van der Waals surface area contributed by atoms with Crippen LogP contribution in [0.2, 0.25) is 0 Å². The highest BCUT2D eigenvalue weighted by Crippen LogP contribution is 2.22. The first-order valence-electron chi connectivity index (χ1n) is 7.08. The number of nitrogens with two attached hydrogens (primary N) is 1. The molecule has 0 atom stereocenters. The molecule has 1 radical (unpaired) electrons. The quantitative estimate of drug-likeness (QED) is 0.630. The maximum Gasteiger partial charge on any atom is 0.330 e. The molecule has 0 saturated heterocycles. The molecule has 0 aliphatic heterocycles. The zero-order valence-corrected chi connectivity index (χ0v) is 13.0. The van der Waals surface area contributed by atoms with Crippen molar-refractivity contribution in [3.8, 4) is 11.3 Å². The number of pyridine rings is 1. The van der Waals surface area contributed by atoms with Crippen molar-refractivity contribution in [1.82, 2.24) is 4.98 Å². The Balaban J connectivity index is 2.19. The van der Waals surface area contributed by atoms with Crippen molar-refractivity contribution in [1.29, 1.82) is 0 Å². The molecular formula is C16H18BF2N2O2. The Kier molecular flexibility index (Phi) is 5.33. The van der Waals surface area contributed by atoms with E-state index in [0.717, 1.165) is 12.3 Å². The molecule has 7 heteroatoms. The van der Waals surface area contributed by atoms with E-state index < -0.39 is 11.6 Å². The molecule has 0 spiro atoms. The first-order chi connectivity index (χ1) is 10.8. The van der Waals surface area contributed by atoms with Crippen LogP contribution in [0.3, 0.4) is 0 Å². The van der Waals surface area contributed by atoms with Crippen LogP contribution < -0.4 is 11.2 Å². The minimum atomic E-state index is -0.760. The van der Waals surface area contributed by atoms with Crippen LogP contribution in [0.15, 0.2) is 30.5 Å². The standard InChI is InChI=1S/C16H18BF2N2O2/c1-16(2,8-22)9-23-17-11-3-10(4-13(20)5-11)15-14(19)6-12(18)7-21-15/h3-7,22H,8-9,20H2,1-2H3. The van der Waals surface area contributed by atoms with Gasteiger partial charge in [0.05, 0.1) is 12.8 Å². The maximum absolute atomic E-state index is 13.8. The molecule has 0 unspecified atom stereocenters. The topological polar surface area (TPSA) is 68.4 Å². The average Bonchev–Trinajstić information content (AvgIpc) is 2.46. The van der Waals surface area contributed by atoms with E-state index in [-0.39, 0.29) is 17.7 Å². The number of halogens is 2. The summed E-state index contributed by atoms with van der Waals surface area (Å²) in [6, 6.07) is 5.63. The molecule has 23 heavy (non-hydrogen) atoms. The summed E-state index contributed by atoms with van der Waals surface area (Å²) < 4.78 is 32.3. The van der Waals surface area contributed by atoms with Crippen molar-refractivity contribution >= 4 is 18.6 Å². The van der Waals surface area contributed by atoms with E-state index in [2.05, 4.69) is 4.98 Å². The van der Waals surface area contributed by atoms with E-state index in [9.17, 15) is 13.9 Å². The van der Waals surface area contributed by atoms with E-state index >= 15 is 0 Å². The molecule has 2 aromatic rings. The van der Waals surface area contributed by atoms with E-state index in [4.69, 9.17) is 10.4 Å². The number of anilines is 1.